The fraction of sp³-hybridized carbons (Fsp3) is 0.276. The first-order valence-corrected chi connectivity index (χ1v) is 13.5. The van der Waals surface area contributed by atoms with E-state index in [0.717, 1.165) is 29.7 Å². The van der Waals surface area contributed by atoms with Crippen LogP contribution in [-0.2, 0) is 5.60 Å². The summed E-state index contributed by atoms with van der Waals surface area (Å²) in [7, 11) is 0. The number of benzene rings is 1. The van der Waals surface area contributed by atoms with Gasteiger partial charge in [-0.05, 0) is 25.8 Å². The molecule has 12 nitrogen and oxygen atoms in total. The second-order valence-electron chi connectivity index (χ2n) is 10.7. The Balaban J connectivity index is 1.29. The molecule has 12 heteroatoms. The van der Waals surface area contributed by atoms with Crippen molar-refractivity contribution in [2.75, 3.05) is 5.73 Å². The number of nitrogens with one attached hydrogen (secondary N) is 1. The molecule has 0 radical (unpaired) electrons. The summed E-state index contributed by atoms with van der Waals surface area (Å²) in [5.74, 6) is -0.301. The fourth-order valence-corrected chi connectivity index (χ4v) is 6.42. The van der Waals surface area contributed by atoms with Crippen LogP contribution in [0.1, 0.15) is 59.3 Å². The van der Waals surface area contributed by atoms with E-state index in [4.69, 9.17) is 10.7 Å². The third-order valence-electron chi connectivity index (χ3n) is 8.24. The number of rotatable bonds is 5. The number of anilines is 1. The van der Waals surface area contributed by atoms with Gasteiger partial charge in [-0.15, -0.1) is 10.2 Å². The number of pyridine rings is 1. The largest absolute Gasteiger partial charge is 0.383 e. The summed E-state index contributed by atoms with van der Waals surface area (Å²) in [4.78, 5) is 40.1. The summed E-state index contributed by atoms with van der Waals surface area (Å²) in [6.07, 6.45) is 6.61. The summed E-state index contributed by atoms with van der Waals surface area (Å²) in [6.45, 7) is 1.40. The van der Waals surface area contributed by atoms with Crippen molar-refractivity contribution in [2.24, 2.45) is 0 Å². The molecule has 206 valence electrons. The van der Waals surface area contributed by atoms with Crippen LogP contribution in [0.15, 0.2) is 61.2 Å². The number of nitrogens with two attached hydrogens (primary N) is 1. The molecule has 1 amide bonds. The molecule has 41 heavy (non-hydrogen) atoms. The van der Waals surface area contributed by atoms with E-state index in [2.05, 4.69) is 25.3 Å². The van der Waals surface area contributed by atoms with E-state index in [0.29, 0.717) is 11.2 Å². The minimum Gasteiger partial charge on any atom is -0.383 e. The Morgan fingerprint density at radius 1 is 1.05 bits per heavy atom. The molecule has 2 saturated heterocycles. The lowest BCUT2D eigenvalue weighted by molar-refractivity contribution is -0.0513. The molecule has 7 rings (SSSR count). The van der Waals surface area contributed by atoms with Crippen molar-refractivity contribution in [1.29, 1.82) is 0 Å². The molecule has 0 spiro atoms. The first-order chi connectivity index (χ1) is 19.8. The highest BCUT2D eigenvalue weighted by Gasteiger charge is 2.52. The fourth-order valence-electron chi connectivity index (χ4n) is 6.42. The molecule has 2 fully saturated rings. The number of nitrogens with zero attached hydrogens (tertiary/aromatic N) is 7. The smallest absolute Gasteiger partial charge is 0.292 e. The van der Waals surface area contributed by atoms with E-state index < -0.39 is 5.60 Å². The number of amides is 1. The molecular formula is C29H27N9O3. The molecule has 2 bridgehead atoms. The van der Waals surface area contributed by atoms with Crippen LogP contribution >= 0.6 is 0 Å². The van der Waals surface area contributed by atoms with E-state index in [1.165, 1.54) is 17.8 Å². The maximum Gasteiger partial charge on any atom is 0.292 e. The van der Waals surface area contributed by atoms with Crippen LogP contribution < -0.4 is 5.73 Å². The highest BCUT2D eigenvalue weighted by molar-refractivity contribution is 6.00. The van der Waals surface area contributed by atoms with Gasteiger partial charge in [-0.3, -0.25) is 14.6 Å². The van der Waals surface area contributed by atoms with Gasteiger partial charge >= 0.3 is 0 Å². The van der Waals surface area contributed by atoms with Gasteiger partial charge in [-0.2, -0.15) is 9.61 Å². The predicted octanol–water partition coefficient (Wildman–Crippen LogP) is 3.02. The molecule has 2 aliphatic rings. The number of H-pyrrole nitrogens is 1. The summed E-state index contributed by atoms with van der Waals surface area (Å²) >= 11 is 0. The Labute approximate surface area is 234 Å². The van der Waals surface area contributed by atoms with E-state index in [1.54, 1.807) is 17.3 Å². The molecule has 1 aromatic carbocycles. The summed E-state index contributed by atoms with van der Waals surface area (Å²) in [5, 5.41) is 24.2. The first-order valence-electron chi connectivity index (χ1n) is 13.5. The van der Waals surface area contributed by atoms with Gasteiger partial charge in [-0.1, -0.05) is 36.4 Å². The van der Waals surface area contributed by atoms with Gasteiger partial charge in [0.2, 0.25) is 5.82 Å². The molecule has 1 unspecified atom stereocenters. The molecule has 3 atom stereocenters. The molecule has 0 saturated carbocycles. The monoisotopic (exact) mass is 549 g/mol. The van der Waals surface area contributed by atoms with Crippen molar-refractivity contribution in [2.45, 2.75) is 50.3 Å². The zero-order valence-electron chi connectivity index (χ0n) is 22.2. The Morgan fingerprint density at radius 2 is 1.80 bits per heavy atom. The highest BCUT2D eigenvalue weighted by Crippen LogP contribution is 2.47. The number of aliphatic hydroxyl groups is 1. The second kappa shape index (κ2) is 9.30. The van der Waals surface area contributed by atoms with Crippen LogP contribution in [0.5, 0.6) is 0 Å². The van der Waals surface area contributed by atoms with E-state index >= 15 is 0 Å². The standard InChI is InChI=1S/C29H27N9O3/c1-16(39)23-24(29(41)11-19-8-9-20(12-29)37(19)28(40)26-32-15-33-36-26)35-27-21(14-34-38(27)25(23)30)18-7-10-22(31-13-18)17-5-3-2-4-6-17/h2-7,10,13-15,19-20,41H,8-9,11-12,30H2,1H3,(H,32,33,36)/t19-,20+,29?. The number of carbonyl (C=O) groups is 2. The summed E-state index contributed by atoms with van der Waals surface area (Å²) in [6, 6.07) is 13.2. The van der Waals surface area contributed by atoms with Crippen LogP contribution in [0.2, 0.25) is 0 Å². The number of hydrogen-bond donors (Lipinski definition) is 3. The summed E-state index contributed by atoms with van der Waals surface area (Å²) in [5.41, 5.74) is 9.10. The lowest BCUT2D eigenvalue weighted by Gasteiger charge is -2.43. The van der Waals surface area contributed by atoms with E-state index in [9.17, 15) is 14.7 Å². The first kappa shape index (κ1) is 25.0. The van der Waals surface area contributed by atoms with Gasteiger partial charge in [0.25, 0.3) is 5.91 Å². The van der Waals surface area contributed by atoms with Crippen LogP contribution in [0.4, 0.5) is 5.82 Å². The van der Waals surface area contributed by atoms with Crippen LogP contribution in [0.25, 0.3) is 28.0 Å². The molecule has 4 aromatic heterocycles. The van der Waals surface area contributed by atoms with Gasteiger partial charge in [0, 0.05) is 47.8 Å². The average molecular weight is 550 g/mol. The van der Waals surface area contributed by atoms with Crippen LogP contribution in [0.3, 0.4) is 0 Å². The number of hydrogen-bond acceptors (Lipinski definition) is 9. The molecule has 4 N–H and O–H groups in total. The van der Waals surface area contributed by atoms with Crippen molar-refractivity contribution >= 4 is 23.2 Å². The Bertz CT molecular complexity index is 1770. The van der Waals surface area contributed by atoms with Gasteiger partial charge in [0.05, 0.1) is 23.1 Å². The topological polar surface area (TPSA) is 168 Å². The van der Waals surface area contributed by atoms with Gasteiger partial charge < -0.3 is 20.7 Å². The predicted molar refractivity (Wildman–Crippen MR) is 149 cm³/mol. The van der Waals surface area contributed by atoms with Crippen molar-refractivity contribution in [3.63, 3.8) is 0 Å². The van der Waals surface area contributed by atoms with Gasteiger partial charge in [0.15, 0.2) is 11.4 Å². The Kier molecular flexibility index (Phi) is 5.68. The molecule has 6 heterocycles. The van der Waals surface area contributed by atoms with Crippen LogP contribution in [-0.4, -0.2) is 68.5 Å². The van der Waals surface area contributed by atoms with Crippen molar-refractivity contribution in [1.82, 2.24) is 39.7 Å². The minimum absolute atomic E-state index is 0.110. The number of fused-ring (bicyclic) bond motifs is 3. The lowest BCUT2D eigenvalue weighted by Crippen LogP contribution is -2.52. The van der Waals surface area contributed by atoms with Gasteiger partial charge in [-0.25, -0.2) is 4.98 Å². The highest BCUT2D eigenvalue weighted by atomic mass is 16.3. The number of ketones is 1. The van der Waals surface area contributed by atoms with Crippen molar-refractivity contribution in [3.8, 4) is 22.4 Å². The molecule has 2 aliphatic heterocycles. The SMILES string of the molecule is CC(=O)c1c(C2(O)C[C@H]3CC[C@@H](C2)N3C(=O)c2nnc[nH]2)nc2c(-c3ccc(-c4ccccc4)nc3)cnn2c1N. The van der Waals surface area contributed by atoms with E-state index in [-0.39, 0.29) is 59.5 Å². The van der Waals surface area contributed by atoms with E-state index in [1.807, 2.05) is 42.5 Å². The number of Topliss-reactive ketones (excluding diaryl/α,β-unsaturated/α-hetero) is 1. The number of aromatic nitrogens is 7. The number of nitrogen functional groups attached to an aromatic ring is 1. The second-order valence-corrected chi connectivity index (χ2v) is 10.7. The average Bonchev–Trinajstić information content (AvgIpc) is 3.72. The lowest BCUT2D eigenvalue weighted by atomic mass is 9.80. The summed E-state index contributed by atoms with van der Waals surface area (Å²) < 4.78 is 1.43. The molecular weight excluding hydrogens is 522 g/mol. The van der Waals surface area contributed by atoms with Gasteiger partial charge in [0.1, 0.15) is 17.7 Å². The Hall–Kier alpha value is -4.97. The quantitative estimate of drug-likeness (QED) is 0.279. The number of aromatic amines is 1. The minimum atomic E-state index is -1.47. The van der Waals surface area contributed by atoms with Crippen LogP contribution in [0, 0.1) is 0 Å². The molecule has 5 aromatic rings. The Morgan fingerprint density at radius 3 is 2.44 bits per heavy atom. The van der Waals surface area contributed by atoms with Crippen molar-refractivity contribution in [3.05, 3.63) is 78.3 Å². The maximum atomic E-state index is 13.2. The maximum absolute atomic E-state index is 13.2. The zero-order valence-corrected chi connectivity index (χ0v) is 22.2. The number of piperidine rings is 1. The zero-order chi connectivity index (χ0) is 28.3. The van der Waals surface area contributed by atoms with Crippen molar-refractivity contribution < 1.29 is 14.7 Å². The normalized spacial score (nSPS) is 21.9. The number of carbonyl (C=O) groups excluding carboxylic acids is 2. The molecule has 0 aliphatic carbocycles. The third-order valence-corrected chi connectivity index (χ3v) is 8.24. The third kappa shape index (κ3) is 3.98.